The molecular weight excluding hydrogens is 344 g/mol. The number of rotatable bonds is 8. The predicted octanol–water partition coefficient (Wildman–Crippen LogP) is 2.48. The van der Waals surface area contributed by atoms with Crippen molar-refractivity contribution in [2.75, 3.05) is 41.4 Å². The van der Waals surface area contributed by atoms with E-state index in [4.69, 9.17) is 9.47 Å². The topological polar surface area (TPSA) is 59.1 Å². The summed E-state index contributed by atoms with van der Waals surface area (Å²) < 4.78 is 10.5. The molecule has 0 heterocycles. The van der Waals surface area contributed by atoms with Gasteiger partial charge >= 0.3 is 0 Å². The van der Waals surface area contributed by atoms with Crippen LogP contribution >= 0.6 is 0 Å². The van der Waals surface area contributed by atoms with Crippen LogP contribution in [0.2, 0.25) is 0 Å². The Bertz CT molecular complexity index is 777. The molecule has 0 saturated heterocycles. The highest BCUT2D eigenvalue weighted by atomic mass is 16.5. The molecule has 6 heteroatoms. The number of benzene rings is 2. The Kier molecular flexibility index (Phi) is 7.23. The SMILES string of the molecule is COc1ccc(CCN(C)C(=O)CN(C)C(=O)c2ccccc2)cc1OC. The van der Waals surface area contributed by atoms with Crippen LogP contribution in [0.3, 0.4) is 0 Å². The van der Waals surface area contributed by atoms with Crippen LogP contribution in [0.1, 0.15) is 15.9 Å². The number of carbonyl (C=O) groups excluding carboxylic acids is 2. The number of carbonyl (C=O) groups is 2. The molecule has 2 aromatic rings. The molecule has 0 bridgehead atoms. The molecule has 0 aliphatic heterocycles. The van der Waals surface area contributed by atoms with Crippen molar-refractivity contribution in [3.8, 4) is 11.5 Å². The number of amides is 2. The highest BCUT2D eigenvalue weighted by Gasteiger charge is 2.17. The summed E-state index contributed by atoms with van der Waals surface area (Å²) in [6.45, 7) is 0.581. The van der Waals surface area contributed by atoms with Crippen molar-refractivity contribution in [1.29, 1.82) is 0 Å². The molecular formula is C21H26N2O4. The van der Waals surface area contributed by atoms with Crippen LogP contribution in [0.15, 0.2) is 48.5 Å². The van der Waals surface area contributed by atoms with Crippen LogP contribution in [-0.2, 0) is 11.2 Å². The summed E-state index contributed by atoms with van der Waals surface area (Å²) in [5.41, 5.74) is 1.61. The van der Waals surface area contributed by atoms with E-state index >= 15 is 0 Å². The molecule has 2 aromatic carbocycles. The van der Waals surface area contributed by atoms with Crippen LogP contribution in [0, 0.1) is 0 Å². The molecule has 2 amide bonds. The van der Waals surface area contributed by atoms with Crippen LogP contribution < -0.4 is 9.47 Å². The third-order valence-electron chi connectivity index (χ3n) is 4.35. The zero-order valence-electron chi connectivity index (χ0n) is 16.3. The summed E-state index contributed by atoms with van der Waals surface area (Å²) in [5, 5.41) is 0. The molecule has 0 radical (unpaired) electrons. The Labute approximate surface area is 160 Å². The van der Waals surface area contributed by atoms with Crippen molar-refractivity contribution < 1.29 is 19.1 Å². The van der Waals surface area contributed by atoms with Gasteiger partial charge in [0.25, 0.3) is 5.91 Å². The van der Waals surface area contributed by atoms with E-state index in [2.05, 4.69) is 0 Å². The predicted molar refractivity (Wildman–Crippen MR) is 104 cm³/mol. The van der Waals surface area contributed by atoms with E-state index in [0.29, 0.717) is 30.0 Å². The van der Waals surface area contributed by atoms with E-state index < -0.39 is 0 Å². The van der Waals surface area contributed by atoms with Gasteiger partial charge in [0.15, 0.2) is 11.5 Å². The van der Waals surface area contributed by atoms with Gasteiger partial charge in [-0.3, -0.25) is 9.59 Å². The Morgan fingerprint density at radius 3 is 2.19 bits per heavy atom. The Balaban J connectivity index is 1.89. The third kappa shape index (κ3) is 5.48. The fourth-order valence-electron chi connectivity index (χ4n) is 2.65. The average molecular weight is 370 g/mol. The summed E-state index contributed by atoms with van der Waals surface area (Å²) in [5.74, 6) is 1.06. The number of likely N-dealkylation sites (N-methyl/N-ethyl adjacent to an activating group) is 2. The van der Waals surface area contributed by atoms with Gasteiger partial charge in [-0.1, -0.05) is 24.3 Å². The molecule has 0 fully saturated rings. The fraction of sp³-hybridized carbons (Fsp3) is 0.333. The molecule has 2 rings (SSSR count). The molecule has 0 aromatic heterocycles. The molecule has 0 N–H and O–H groups in total. The van der Waals surface area contributed by atoms with Crippen molar-refractivity contribution in [2.24, 2.45) is 0 Å². The minimum absolute atomic E-state index is 0.0379. The fourth-order valence-corrected chi connectivity index (χ4v) is 2.65. The lowest BCUT2D eigenvalue weighted by atomic mass is 10.1. The zero-order chi connectivity index (χ0) is 19.8. The summed E-state index contributed by atoms with van der Waals surface area (Å²) in [4.78, 5) is 27.8. The molecule has 0 unspecified atom stereocenters. The molecule has 0 atom stereocenters. The molecule has 0 spiro atoms. The van der Waals surface area contributed by atoms with Gasteiger partial charge in [-0.15, -0.1) is 0 Å². The maximum absolute atomic E-state index is 12.4. The Morgan fingerprint density at radius 1 is 0.889 bits per heavy atom. The number of hydrogen-bond donors (Lipinski definition) is 0. The first-order chi connectivity index (χ1) is 13.0. The molecule has 6 nitrogen and oxygen atoms in total. The number of nitrogens with zero attached hydrogens (tertiary/aromatic N) is 2. The van der Waals surface area contributed by atoms with Crippen molar-refractivity contribution in [3.63, 3.8) is 0 Å². The average Bonchev–Trinajstić information content (AvgIpc) is 2.71. The standard InChI is InChI=1S/C21H26N2O4/c1-22(13-12-16-10-11-18(26-3)19(14-16)27-4)20(24)15-23(2)21(25)17-8-6-5-7-9-17/h5-11,14H,12-13,15H2,1-4H3. The van der Waals surface area contributed by atoms with E-state index in [-0.39, 0.29) is 18.4 Å². The normalized spacial score (nSPS) is 10.2. The lowest BCUT2D eigenvalue weighted by molar-refractivity contribution is -0.130. The van der Waals surface area contributed by atoms with Gasteiger partial charge in [0.1, 0.15) is 0 Å². The quantitative estimate of drug-likeness (QED) is 0.716. The van der Waals surface area contributed by atoms with Crippen molar-refractivity contribution >= 4 is 11.8 Å². The van der Waals surface area contributed by atoms with Crippen molar-refractivity contribution in [2.45, 2.75) is 6.42 Å². The Morgan fingerprint density at radius 2 is 1.56 bits per heavy atom. The van der Waals surface area contributed by atoms with Crippen molar-refractivity contribution in [3.05, 3.63) is 59.7 Å². The number of hydrogen-bond acceptors (Lipinski definition) is 4. The highest BCUT2D eigenvalue weighted by molar-refractivity contribution is 5.96. The highest BCUT2D eigenvalue weighted by Crippen LogP contribution is 2.27. The van der Waals surface area contributed by atoms with Gasteiger partial charge in [-0.2, -0.15) is 0 Å². The lowest BCUT2D eigenvalue weighted by Gasteiger charge is -2.22. The third-order valence-corrected chi connectivity index (χ3v) is 4.35. The van der Waals surface area contributed by atoms with E-state index in [0.717, 1.165) is 5.56 Å². The molecule has 0 saturated carbocycles. The Hall–Kier alpha value is -3.02. The largest absolute Gasteiger partial charge is 0.493 e. The van der Waals surface area contributed by atoms with E-state index in [9.17, 15) is 9.59 Å². The second-order valence-corrected chi connectivity index (χ2v) is 6.28. The van der Waals surface area contributed by atoms with Crippen LogP contribution in [0.5, 0.6) is 11.5 Å². The first-order valence-corrected chi connectivity index (χ1v) is 8.71. The van der Waals surface area contributed by atoms with Crippen LogP contribution in [-0.4, -0.2) is 63.0 Å². The summed E-state index contributed by atoms with van der Waals surface area (Å²) in [7, 11) is 6.56. The van der Waals surface area contributed by atoms with Gasteiger partial charge in [0.2, 0.25) is 5.91 Å². The van der Waals surface area contributed by atoms with Crippen LogP contribution in [0.4, 0.5) is 0 Å². The molecule has 0 aliphatic carbocycles. The maximum Gasteiger partial charge on any atom is 0.254 e. The second-order valence-electron chi connectivity index (χ2n) is 6.28. The molecule has 0 aliphatic rings. The monoisotopic (exact) mass is 370 g/mol. The van der Waals surface area contributed by atoms with E-state index in [1.54, 1.807) is 57.5 Å². The van der Waals surface area contributed by atoms with Gasteiger partial charge in [0.05, 0.1) is 20.8 Å². The summed E-state index contributed by atoms with van der Waals surface area (Å²) in [6, 6.07) is 14.6. The van der Waals surface area contributed by atoms with E-state index in [1.807, 2.05) is 24.3 Å². The number of methoxy groups -OCH3 is 2. The first-order valence-electron chi connectivity index (χ1n) is 8.71. The lowest BCUT2D eigenvalue weighted by Crippen LogP contribution is -2.40. The smallest absolute Gasteiger partial charge is 0.254 e. The zero-order valence-corrected chi connectivity index (χ0v) is 16.3. The van der Waals surface area contributed by atoms with Gasteiger partial charge in [-0.05, 0) is 36.2 Å². The molecule has 27 heavy (non-hydrogen) atoms. The minimum atomic E-state index is -0.169. The van der Waals surface area contributed by atoms with Gasteiger partial charge in [0, 0.05) is 26.2 Å². The van der Waals surface area contributed by atoms with Crippen LogP contribution in [0.25, 0.3) is 0 Å². The van der Waals surface area contributed by atoms with E-state index in [1.165, 1.54) is 4.90 Å². The van der Waals surface area contributed by atoms with Gasteiger partial charge in [-0.25, -0.2) is 0 Å². The number of ether oxygens (including phenoxy) is 2. The first kappa shape index (κ1) is 20.3. The summed E-state index contributed by atoms with van der Waals surface area (Å²) in [6.07, 6.45) is 0.680. The van der Waals surface area contributed by atoms with Gasteiger partial charge < -0.3 is 19.3 Å². The minimum Gasteiger partial charge on any atom is -0.493 e. The van der Waals surface area contributed by atoms with Crippen molar-refractivity contribution in [1.82, 2.24) is 9.80 Å². The maximum atomic E-state index is 12.4. The second kappa shape index (κ2) is 9.62. The summed E-state index contributed by atoms with van der Waals surface area (Å²) >= 11 is 0. The molecule has 144 valence electrons.